The van der Waals surface area contributed by atoms with Crippen LogP contribution in [0.3, 0.4) is 0 Å². The molecule has 0 saturated heterocycles. The van der Waals surface area contributed by atoms with Crippen molar-refractivity contribution < 1.29 is 14.4 Å². The van der Waals surface area contributed by atoms with Crippen LogP contribution < -0.4 is 21.5 Å². The van der Waals surface area contributed by atoms with E-state index in [1.807, 2.05) is 49.4 Å². The number of nitrogens with one attached hydrogen (secondary N) is 4. The molecule has 33 heavy (non-hydrogen) atoms. The van der Waals surface area contributed by atoms with Crippen molar-refractivity contribution in [1.29, 1.82) is 0 Å². The Morgan fingerprint density at radius 1 is 0.727 bits per heavy atom. The van der Waals surface area contributed by atoms with Crippen molar-refractivity contribution in [3.63, 3.8) is 0 Å². The first-order valence-electron chi connectivity index (χ1n) is 10.4. The smallest absolute Gasteiger partial charge is 0.269 e. The molecule has 0 unspecified atom stereocenters. The molecule has 0 aliphatic heterocycles. The molecule has 0 radical (unpaired) electrons. The molecule has 0 heterocycles. The number of carbonyl (C=O) groups is 3. The van der Waals surface area contributed by atoms with Crippen molar-refractivity contribution in [3.05, 3.63) is 90.0 Å². The topological polar surface area (TPSA) is 99.3 Å². The van der Waals surface area contributed by atoms with Gasteiger partial charge in [0.05, 0.1) is 0 Å². The number of rotatable bonds is 6. The second-order valence-electron chi connectivity index (χ2n) is 7.18. The van der Waals surface area contributed by atoms with Gasteiger partial charge in [-0.25, -0.2) is 0 Å². The molecule has 0 aliphatic rings. The standard InChI is InChI=1S/C25H24N4O3S/c1-2-6-22(30)26-21-15-13-20(14-16-21)24(32)28-29-25(33)27-23(31)19-11-9-18(10-12-19)17-7-4-3-5-8-17/h3-5,7-16H,2,6H2,1H3,(H,26,30)(H,28,32)(H2,27,29,31,33). The first-order chi connectivity index (χ1) is 16.0. The monoisotopic (exact) mass is 460 g/mol. The Bertz CT molecular complexity index is 1130. The van der Waals surface area contributed by atoms with E-state index in [0.29, 0.717) is 23.2 Å². The molecule has 3 aromatic rings. The van der Waals surface area contributed by atoms with Crippen LogP contribution in [-0.2, 0) is 4.79 Å². The van der Waals surface area contributed by atoms with Gasteiger partial charge in [-0.2, -0.15) is 0 Å². The summed E-state index contributed by atoms with van der Waals surface area (Å²) in [5, 5.41) is 5.24. The first kappa shape index (κ1) is 23.6. The predicted octanol–water partition coefficient (Wildman–Crippen LogP) is 4.04. The van der Waals surface area contributed by atoms with E-state index in [0.717, 1.165) is 17.5 Å². The molecule has 0 spiro atoms. The predicted molar refractivity (Wildman–Crippen MR) is 133 cm³/mol. The van der Waals surface area contributed by atoms with E-state index in [-0.39, 0.29) is 11.0 Å². The van der Waals surface area contributed by atoms with Gasteiger partial charge in [-0.3, -0.25) is 30.6 Å². The van der Waals surface area contributed by atoms with Gasteiger partial charge in [-0.15, -0.1) is 0 Å². The molecule has 0 bridgehead atoms. The Labute approximate surface area is 197 Å². The Morgan fingerprint density at radius 2 is 1.30 bits per heavy atom. The lowest BCUT2D eigenvalue weighted by Crippen LogP contribution is -2.48. The lowest BCUT2D eigenvalue weighted by atomic mass is 10.0. The van der Waals surface area contributed by atoms with Gasteiger partial charge >= 0.3 is 0 Å². The number of hydrogen-bond acceptors (Lipinski definition) is 4. The molecule has 7 nitrogen and oxygen atoms in total. The Hall–Kier alpha value is -4.04. The average Bonchev–Trinajstić information content (AvgIpc) is 2.84. The third-order valence-electron chi connectivity index (χ3n) is 4.68. The normalized spacial score (nSPS) is 10.1. The third kappa shape index (κ3) is 6.98. The number of amides is 3. The van der Waals surface area contributed by atoms with Gasteiger partial charge in [0.2, 0.25) is 5.91 Å². The lowest BCUT2D eigenvalue weighted by Gasteiger charge is -2.11. The summed E-state index contributed by atoms with van der Waals surface area (Å²) in [7, 11) is 0. The quantitative estimate of drug-likeness (QED) is 0.329. The van der Waals surface area contributed by atoms with Crippen molar-refractivity contribution in [2.75, 3.05) is 5.32 Å². The molecule has 3 amide bonds. The Balaban J connectivity index is 1.48. The van der Waals surface area contributed by atoms with Crippen LogP contribution in [0.15, 0.2) is 78.9 Å². The van der Waals surface area contributed by atoms with E-state index in [1.165, 1.54) is 0 Å². The zero-order valence-electron chi connectivity index (χ0n) is 18.1. The van der Waals surface area contributed by atoms with Crippen LogP contribution in [0.4, 0.5) is 5.69 Å². The molecule has 0 aliphatic carbocycles. The second kappa shape index (κ2) is 11.5. The molecule has 168 valence electrons. The Morgan fingerprint density at radius 3 is 1.94 bits per heavy atom. The highest BCUT2D eigenvalue weighted by Gasteiger charge is 2.10. The summed E-state index contributed by atoms with van der Waals surface area (Å²) >= 11 is 5.09. The highest BCUT2D eigenvalue weighted by Crippen LogP contribution is 2.19. The molecule has 3 rings (SSSR count). The Kier molecular flexibility index (Phi) is 8.26. The van der Waals surface area contributed by atoms with Crippen LogP contribution in [0.25, 0.3) is 11.1 Å². The average molecular weight is 461 g/mol. The van der Waals surface area contributed by atoms with Gasteiger partial charge in [0.1, 0.15) is 0 Å². The zero-order chi connectivity index (χ0) is 23.6. The third-order valence-corrected chi connectivity index (χ3v) is 4.88. The van der Waals surface area contributed by atoms with E-state index in [4.69, 9.17) is 12.2 Å². The molecule has 8 heteroatoms. The van der Waals surface area contributed by atoms with Gasteiger partial charge in [-0.05, 0) is 66.2 Å². The van der Waals surface area contributed by atoms with Gasteiger partial charge in [0.25, 0.3) is 11.8 Å². The largest absolute Gasteiger partial charge is 0.326 e. The number of anilines is 1. The molecular weight excluding hydrogens is 436 g/mol. The van der Waals surface area contributed by atoms with E-state index in [9.17, 15) is 14.4 Å². The van der Waals surface area contributed by atoms with Crippen LogP contribution in [0, 0.1) is 0 Å². The minimum atomic E-state index is -0.440. The minimum Gasteiger partial charge on any atom is -0.326 e. The molecular formula is C25H24N4O3S. The molecule has 0 fully saturated rings. The van der Waals surface area contributed by atoms with E-state index in [1.54, 1.807) is 36.4 Å². The summed E-state index contributed by atoms with van der Waals surface area (Å²) < 4.78 is 0. The van der Waals surface area contributed by atoms with Crippen LogP contribution in [0.2, 0.25) is 0 Å². The maximum Gasteiger partial charge on any atom is 0.269 e. The van der Waals surface area contributed by atoms with Crippen LogP contribution in [-0.4, -0.2) is 22.8 Å². The van der Waals surface area contributed by atoms with Gasteiger partial charge < -0.3 is 5.32 Å². The number of benzene rings is 3. The molecule has 4 N–H and O–H groups in total. The summed E-state index contributed by atoms with van der Waals surface area (Å²) in [6.45, 7) is 1.93. The SMILES string of the molecule is CCCC(=O)Nc1ccc(C(=O)NNC(=S)NC(=O)c2ccc(-c3ccccc3)cc2)cc1. The summed E-state index contributed by atoms with van der Waals surface area (Å²) in [6, 6.07) is 23.4. The summed E-state index contributed by atoms with van der Waals surface area (Å²) in [5.41, 5.74) is 8.41. The fourth-order valence-electron chi connectivity index (χ4n) is 2.99. The van der Waals surface area contributed by atoms with Crippen LogP contribution in [0.5, 0.6) is 0 Å². The number of hydrogen-bond donors (Lipinski definition) is 4. The summed E-state index contributed by atoms with van der Waals surface area (Å²) in [4.78, 5) is 36.3. The first-order valence-corrected chi connectivity index (χ1v) is 10.8. The second-order valence-corrected chi connectivity index (χ2v) is 7.59. The summed E-state index contributed by atoms with van der Waals surface area (Å²) in [5.74, 6) is -0.911. The molecule has 0 saturated carbocycles. The van der Waals surface area contributed by atoms with Gasteiger partial charge in [0.15, 0.2) is 5.11 Å². The van der Waals surface area contributed by atoms with Crippen molar-refractivity contribution >= 4 is 40.7 Å². The summed E-state index contributed by atoms with van der Waals surface area (Å²) in [6.07, 6.45) is 1.19. The van der Waals surface area contributed by atoms with Crippen molar-refractivity contribution in [2.24, 2.45) is 0 Å². The number of thiocarbonyl (C=S) groups is 1. The van der Waals surface area contributed by atoms with E-state index >= 15 is 0 Å². The van der Waals surface area contributed by atoms with E-state index < -0.39 is 11.8 Å². The number of carbonyl (C=O) groups excluding carboxylic acids is 3. The highest BCUT2D eigenvalue weighted by molar-refractivity contribution is 7.80. The van der Waals surface area contributed by atoms with Gasteiger partial charge in [-0.1, -0.05) is 49.4 Å². The fourth-order valence-corrected chi connectivity index (χ4v) is 3.14. The van der Waals surface area contributed by atoms with Gasteiger partial charge in [0, 0.05) is 23.2 Å². The van der Waals surface area contributed by atoms with Crippen molar-refractivity contribution in [2.45, 2.75) is 19.8 Å². The highest BCUT2D eigenvalue weighted by atomic mass is 32.1. The molecule has 3 aromatic carbocycles. The molecule has 0 atom stereocenters. The minimum absolute atomic E-state index is 0.0380. The number of hydrazine groups is 1. The fraction of sp³-hybridized carbons (Fsp3) is 0.120. The zero-order valence-corrected chi connectivity index (χ0v) is 18.9. The maximum atomic E-state index is 12.4. The van der Waals surface area contributed by atoms with E-state index in [2.05, 4.69) is 21.5 Å². The van der Waals surface area contributed by atoms with Crippen molar-refractivity contribution in [3.8, 4) is 11.1 Å². The van der Waals surface area contributed by atoms with Crippen LogP contribution in [0.1, 0.15) is 40.5 Å². The van der Waals surface area contributed by atoms with Crippen LogP contribution >= 0.6 is 12.2 Å². The maximum absolute atomic E-state index is 12.4. The van der Waals surface area contributed by atoms with Crippen molar-refractivity contribution in [1.82, 2.24) is 16.2 Å². The molecule has 0 aromatic heterocycles. The lowest BCUT2D eigenvalue weighted by molar-refractivity contribution is -0.116.